The lowest BCUT2D eigenvalue weighted by molar-refractivity contribution is -0.118. The molecule has 0 saturated carbocycles. The molecule has 3 N–H and O–H groups in total. The molecule has 40 heavy (non-hydrogen) atoms. The van der Waals surface area contributed by atoms with Gasteiger partial charge in [-0.1, -0.05) is 47.8 Å². The molecule has 1 fully saturated rings. The minimum atomic E-state index is -3.78. The lowest BCUT2D eigenvalue weighted by atomic mass is 10.0. The Hall–Kier alpha value is -2.37. The van der Waals surface area contributed by atoms with Crippen molar-refractivity contribution in [3.63, 3.8) is 0 Å². The van der Waals surface area contributed by atoms with Crippen molar-refractivity contribution in [1.29, 1.82) is 0 Å². The molecule has 1 aliphatic rings. The number of unbranched alkanes of at least 4 members (excludes halogenated alkanes) is 1. The molecule has 1 atom stereocenters. The Morgan fingerprint density at radius 2 is 1.82 bits per heavy atom. The summed E-state index contributed by atoms with van der Waals surface area (Å²) in [6.07, 6.45) is 4.07. The molecule has 0 bridgehead atoms. The average molecular weight is 613 g/mol. The molecular weight excluding hydrogens is 573 g/mol. The molecule has 3 amide bonds. The number of hydrogen-bond donors (Lipinski definition) is 3. The number of para-hydroxylation sites is 1. The molecule has 1 aliphatic heterocycles. The summed E-state index contributed by atoms with van der Waals surface area (Å²) in [5, 5.41) is 6.34. The Morgan fingerprint density at radius 3 is 2.52 bits per heavy atom. The monoisotopic (exact) mass is 611 g/mol. The molecule has 3 rings (SSSR count). The number of nitrogens with zero attached hydrogens (tertiary/aromatic N) is 2. The summed E-state index contributed by atoms with van der Waals surface area (Å²) in [6, 6.07) is 13.5. The van der Waals surface area contributed by atoms with Crippen LogP contribution in [-0.2, 0) is 14.8 Å². The largest absolute Gasteiger partial charge is 0.336 e. The van der Waals surface area contributed by atoms with Gasteiger partial charge in [0.1, 0.15) is 4.90 Å². The molecule has 1 heterocycles. The summed E-state index contributed by atoms with van der Waals surface area (Å²) in [4.78, 5) is 29.7. The average Bonchev–Trinajstić information content (AvgIpc) is 2.88. The molecular formula is C28H39Cl2N5O4S. The highest BCUT2D eigenvalue weighted by Crippen LogP contribution is 2.25. The number of likely N-dealkylation sites (tertiary alicyclic amines) is 1. The van der Waals surface area contributed by atoms with E-state index in [2.05, 4.69) is 20.3 Å². The first-order valence-electron chi connectivity index (χ1n) is 13.6. The van der Waals surface area contributed by atoms with Crippen molar-refractivity contribution in [2.24, 2.45) is 0 Å². The van der Waals surface area contributed by atoms with Crippen molar-refractivity contribution in [1.82, 2.24) is 19.8 Å². The van der Waals surface area contributed by atoms with E-state index in [1.54, 1.807) is 4.90 Å². The molecule has 0 spiro atoms. The Morgan fingerprint density at radius 1 is 1.07 bits per heavy atom. The number of piperidine rings is 1. The highest BCUT2D eigenvalue weighted by Gasteiger charge is 2.28. The predicted molar refractivity (Wildman–Crippen MR) is 160 cm³/mol. The van der Waals surface area contributed by atoms with Crippen molar-refractivity contribution in [2.75, 3.05) is 38.0 Å². The summed E-state index contributed by atoms with van der Waals surface area (Å²) < 4.78 is 27.9. The first-order valence-corrected chi connectivity index (χ1v) is 15.9. The van der Waals surface area contributed by atoms with Crippen LogP contribution in [0.1, 0.15) is 46.0 Å². The fraction of sp³-hybridized carbons (Fsp3) is 0.500. The van der Waals surface area contributed by atoms with E-state index >= 15 is 0 Å². The van der Waals surface area contributed by atoms with E-state index in [1.807, 2.05) is 44.2 Å². The molecule has 1 unspecified atom stereocenters. The van der Waals surface area contributed by atoms with E-state index in [0.29, 0.717) is 31.0 Å². The molecule has 2 aromatic rings. The second-order valence-electron chi connectivity index (χ2n) is 10.3. The van der Waals surface area contributed by atoms with E-state index in [-0.39, 0.29) is 47.0 Å². The number of hydrogen-bond acceptors (Lipinski definition) is 5. The van der Waals surface area contributed by atoms with Crippen molar-refractivity contribution in [3.8, 4) is 0 Å². The van der Waals surface area contributed by atoms with E-state index < -0.39 is 10.0 Å². The van der Waals surface area contributed by atoms with E-state index in [1.165, 1.54) is 18.2 Å². The van der Waals surface area contributed by atoms with Crippen molar-refractivity contribution >= 4 is 50.9 Å². The third kappa shape index (κ3) is 10.2. The van der Waals surface area contributed by atoms with E-state index in [4.69, 9.17) is 23.2 Å². The van der Waals surface area contributed by atoms with Crippen LogP contribution in [0.2, 0.25) is 10.0 Å². The van der Waals surface area contributed by atoms with Gasteiger partial charge >= 0.3 is 6.03 Å². The summed E-state index contributed by atoms with van der Waals surface area (Å²) in [6.45, 7) is 6.03. The summed E-state index contributed by atoms with van der Waals surface area (Å²) in [5.41, 5.74) is 0.757. The number of nitrogens with one attached hydrogen (secondary N) is 3. The summed E-state index contributed by atoms with van der Waals surface area (Å²) in [7, 11) is -3.78. The first-order chi connectivity index (χ1) is 19.0. The smallest absolute Gasteiger partial charge is 0.317 e. The molecule has 1 saturated heterocycles. The van der Waals surface area contributed by atoms with Crippen molar-refractivity contribution in [2.45, 2.75) is 62.9 Å². The second-order valence-corrected chi connectivity index (χ2v) is 12.8. The zero-order valence-corrected chi connectivity index (χ0v) is 25.4. The Balaban J connectivity index is 1.55. The standard InChI is InChI=1S/C28H39Cl2N5O4S/c1-21(2)32-28(37)35(17-9-7-15-31-40(38,39)26-14-13-22(29)18-25(26)30)19-24-12-6-8-16-34(24)20-27(36)33-23-10-4-3-5-11-23/h3-5,10-11,13-14,18,21,24,31H,6-9,12,15-17,19-20H2,1-2H3,(H,32,37)(H,33,36). The highest BCUT2D eigenvalue weighted by molar-refractivity contribution is 7.89. The van der Waals surface area contributed by atoms with Gasteiger partial charge in [0.15, 0.2) is 0 Å². The Kier molecular flexibility index (Phi) is 12.5. The third-order valence-electron chi connectivity index (χ3n) is 6.61. The molecule has 0 aliphatic carbocycles. The van der Waals surface area contributed by atoms with E-state index in [0.717, 1.165) is 31.5 Å². The predicted octanol–water partition coefficient (Wildman–Crippen LogP) is 4.97. The van der Waals surface area contributed by atoms with Gasteiger partial charge in [0.05, 0.1) is 11.6 Å². The maximum absolute atomic E-state index is 13.1. The number of carbonyl (C=O) groups is 2. The lowest BCUT2D eigenvalue weighted by Crippen LogP contribution is -2.53. The minimum absolute atomic E-state index is 0.0230. The van der Waals surface area contributed by atoms with Crippen molar-refractivity contribution in [3.05, 3.63) is 58.6 Å². The molecule has 220 valence electrons. The number of carbonyl (C=O) groups excluding carboxylic acids is 2. The number of amides is 3. The lowest BCUT2D eigenvalue weighted by Gasteiger charge is -2.38. The van der Waals surface area contributed by atoms with Gasteiger partial charge in [-0.15, -0.1) is 0 Å². The van der Waals surface area contributed by atoms with Gasteiger partial charge in [-0.05, 0) is 76.4 Å². The normalized spacial score (nSPS) is 16.1. The molecule has 2 aromatic carbocycles. The summed E-state index contributed by atoms with van der Waals surface area (Å²) >= 11 is 11.9. The number of benzene rings is 2. The molecule has 12 heteroatoms. The zero-order valence-electron chi connectivity index (χ0n) is 23.0. The number of anilines is 1. The van der Waals surface area contributed by atoms with Crippen LogP contribution in [0.25, 0.3) is 0 Å². The maximum Gasteiger partial charge on any atom is 0.317 e. The van der Waals surface area contributed by atoms with Crippen LogP contribution in [-0.4, -0.2) is 75.0 Å². The van der Waals surface area contributed by atoms with Gasteiger partial charge in [0.25, 0.3) is 0 Å². The zero-order chi connectivity index (χ0) is 29.1. The number of rotatable bonds is 13. The molecule has 0 aromatic heterocycles. The highest BCUT2D eigenvalue weighted by atomic mass is 35.5. The fourth-order valence-electron chi connectivity index (χ4n) is 4.65. The number of sulfonamides is 1. The minimum Gasteiger partial charge on any atom is -0.336 e. The van der Waals surface area contributed by atoms with Crippen LogP contribution in [0.5, 0.6) is 0 Å². The number of urea groups is 1. The van der Waals surface area contributed by atoms with Crippen LogP contribution in [0.4, 0.5) is 10.5 Å². The van der Waals surface area contributed by atoms with Crippen LogP contribution in [0.15, 0.2) is 53.4 Å². The van der Waals surface area contributed by atoms with Gasteiger partial charge in [-0.2, -0.15) is 0 Å². The van der Waals surface area contributed by atoms with Gasteiger partial charge < -0.3 is 15.5 Å². The van der Waals surface area contributed by atoms with Gasteiger partial charge in [-0.3, -0.25) is 9.69 Å². The van der Waals surface area contributed by atoms with E-state index in [9.17, 15) is 18.0 Å². The van der Waals surface area contributed by atoms with Crippen LogP contribution in [0, 0.1) is 0 Å². The first kappa shape index (κ1) is 32.1. The fourth-order valence-corrected chi connectivity index (χ4v) is 6.50. The topological polar surface area (TPSA) is 111 Å². The van der Waals surface area contributed by atoms with Crippen LogP contribution >= 0.6 is 23.2 Å². The summed E-state index contributed by atoms with van der Waals surface area (Å²) in [5.74, 6) is -0.0793. The Labute approximate surface area is 247 Å². The third-order valence-corrected chi connectivity index (χ3v) is 8.79. The number of halogens is 2. The maximum atomic E-state index is 13.1. The molecule has 9 nitrogen and oxygen atoms in total. The second kappa shape index (κ2) is 15.6. The van der Waals surface area contributed by atoms with Gasteiger partial charge in [-0.25, -0.2) is 17.9 Å². The molecule has 0 radical (unpaired) electrons. The van der Waals surface area contributed by atoms with Crippen molar-refractivity contribution < 1.29 is 18.0 Å². The van der Waals surface area contributed by atoms with Gasteiger partial charge in [0, 0.05) is 42.4 Å². The Bertz CT molecular complexity index is 1230. The van der Waals surface area contributed by atoms with Crippen LogP contribution < -0.4 is 15.4 Å². The quantitative estimate of drug-likeness (QED) is 0.277. The van der Waals surface area contributed by atoms with Gasteiger partial charge in [0.2, 0.25) is 15.9 Å². The SMILES string of the molecule is CC(C)NC(=O)N(CCCCNS(=O)(=O)c1ccc(Cl)cc1Cl)CC1CCCCN1CC(=O)Nc1ccccc1. The van der Waals surface area contributed by atoms with Crippen LogP contribution in [0.3, 0.4) is 0 Å².